The molecule has 5 rings (SSSR count). The van der Waals surface area contributed by atoms with Gasteiger partial charge in [-0.3, -0.25) is 14.9 Å². The van der Waals surface area contributed by atoms with Crippen LogP contribution in [0.1, 0.15) is 30.4 Å². The Bertz CT molecular complexity index is 1130. The Hall–Kier alpha value is -3.68. The van der Waals surface area contributed by atoms with Crippen LogP contribution in [0.15, 0.2) is 48.2 Å². The number of hydrogen-bond donors (Lipinski definition) is 3. The van der Waals surface area contributed by atoms with Crippen LogP contribution in [0.4, 0.5) is 11.6 Å². The predicted molar refractivity (Wildman–Crippen MR) is 109 cm³/mol. The monoisotopic (exact) mass is 388 g/mol. The van der Waals surface area contributed by atoms with Gasteiger partial charge in [0.15, 0.2) is 5.65 Å². The van der Waals surface area contributed by atoms with Crippen molar-refractivity contribution in [1.82, 2.24) is 19.9 Å². The molecule has 1 saturated heterocycles. The van der Waals surface area contributed by atoms with Crippen LogP contribution in [0.25, 0.3) is 11.7 Å². The van der Waals surface area contributed by atoms with Gasteiger partial charge in [-0.25, -0.2) is 4.98 Å². The molecule has 0 spiro atoms. The number of benzene rings is 1. The second kappa shape index (κ2) is 7.05. The molecule has 0 bridgehead atoms. The molecule has 0 unspecified atom stereocenters. The van der Waals surface area contributed by atoms with E-state index in [1.54, 1.807) is 16.8 Å². The number of aromatic nitrogens is 3. The highest BCUT2D eigenvalue weighted by atomic mass is 16.2. The van der Waals surface area contributed by atoms with Gasteiger partial charge in [0.25, 0.3) is 5.91 Å². The zero-order valence-electron chi connectivity index (χ0n) is 15.7. The minimum Gasteiger partial charge on any atom is -0.367 e. The quantitative estimate of drug-likeness (QED) is 0.443. The van der Waals surface area contributed by atoms with Crippen molar-refractivity contribution >= 4 is 35.2 Å². The van der Waals surface area contributed by atoms with Crippen molar-refractivity contribution in [2.24, 2.45) is 0 Å². The fourth-order valence-electron chi connectivity index (χ4n) is 3.31. The van der Waals surface area contributed by atoms with Gasteiger partial charge in [0.05, 0.1) is 12.6 Å². The van der Waals surface area contributed by atoms with Crippen LogP contribution in [0.3, 0.4) is 0 Å². The molecule has 8 nitrogen and oxygen atoms in total. The van der Waals surface area contributed by atoms with Crippen LogP contribution in [0, 0.1) is 0 Å². The van der Waals surface area contributed by atoms with Crippen LogP contribution in [0.2, 0.25) is 0 Å². The van der Waals surface area contributed by atoms with Crippen molar-refractivity contribution in [2.45, 2.75) is 31.8 Å². The molecule has 2 fully saturated rings. The highest BCUT2D eigenvalue weighted by Gasteiger charge is 2.25. The summed E-state index contributed by atoms with van der Waals surface area (Å²) in [7, 11) is 0. The van der Waals surface area contributed by atoms with Gasteiger partial charge in [-0.05, 0) is 24.5 Å². The van der Waals surface area contributed by atoms with Gasteiger partial charge in [0, 0.05) is 29.8 Å². The molecule has 2 aliphatic rings. The van der Waals surface area contributed by atoms with Crippen molar-refractivity contribution in [3.63, 3.8) is 0 Å². The number of fused-ring (bicyclic) bond motifs is 1. The van der Waals surface area contributed by atoms with Crippen molar-refractivity contribution < 1.29 is 9.59 Å². The highest BCUT2D eigenvalue weighted by Crippen LogP contribution is 2.28. The molecule has 8 heteroatoms. The molecule has 1 aromatic carbocycles. The Kier molecular flexibility index (Phi) is 4.23. The van der Waals surface area contributed by atoms with E-state index in [0.717, 1.165) is 30.0 Å². The maximum Gasteiger partial charge on any atom is 0.254 e. The van der Waals surface area contributed by atoms with E-state index < -0.39 is 0 Å². The lowest BCUT2D eigenvalue weighted by Crippen LogP contribution is -2.19. The first-order chi connectivity index (χ1) is 14.2. The minimum absolute atomic E-state index is 0.0787. The van der Waals surface area contributed by atoms with E-state index in [2.05, 4.69) is 33.2 Å². The third kappa shape index (κ3) is 3.69. The third-order valence-electron chi connectivity index (χ3n) is 4.97. The van der Waals surface area contributed by atoms with E-state index in [1.165, 1.54) is 0 Å². The van der Waals surface area contributed by atoms with E-state index in [-0.39, 0.29) is 18.2 Å². The van der Waals surface area contributed by atoms with Gasteiger partial charge in [0.2, 0.25) is 5.91 Å². The third-order valence-corrected chi connectivity index (χ3v) is 4.97. The average molecular weight is 388 g/mol. The summed E-state index contributed by atoms with van der Waals surface area (Å²) < 4.78 is 1.74. The zero-order valence-corrected chi connectivity index (χ0v) is 15.7. The maximum absolute atomic E-state index is 11.9. The summed E-state index contributed by atoms with van der Waals surface area (Å²) in [6, 6.07) is 12.5. The molecule has 146 valence electrons. The average Bonchev–Trinajstić information content (AvgIpc) is 3.36. The van der Waals surface area contributed by atoms with E-state index in [1.807, 2.05) is 24.3 Å². The number of imide groups is 1. The van der Waals surface area contributed by atoms with Crippen LogP contribution in [-0.4, -0.2) is 32.5 Å². The van der Waals surface area contributed by atoms with Gasteiger partial charge in [0.1, 0.15) is 11.6 Å². The van der Waals surface area contributed by atoms with Gasteiger partial charge in [-0.1, -0.05) is 30.3 Å². The largest absolute Gasteiger partial charge is 0.367 e. The fraction of sp³-hybridized carbons (Fsp3) is 0.238. The molecule has 0 radical (unpaired) electrons. The first-order valence-corrected chi connectivity index (χ1v) is 9.63. The van der Waals surface area contributed by atoms with Crippen molar-refractivity contribution in [3.8, 4) is 0 Å². The minimum atomic E-state index is -0.357. The van der Waals surface area contributed by atoms with E-state index in [9.17, 15) is 9.59 Å². The summed E-state index contributed by atoms with van der Waals surface area (Å²) >= 11 is 0. The molecule has 1 aliphatic heterocycles. The Morgan fingerprint density at radius 1 is 1.21 bits per heavy atom. The number of rotatable bonds is 6. The molecule has 3 heterocycles. The molecule has 1 aliphatic carbocycles. The van der Waals surface area contributed by atoms with E-state index >= 15 is 0 Å². The normalized spacial score (nSPS) is 17.7. The lowest BCUT2D eigenvalue weighted by Gasteiger charge is -2.11. The number of anilines is 2. The molecule has 3 aromatic rings. The van der Waals surface area contributed by atoms with Crippen LogP contribution >= 0.6 is 0 Å². The molecule has 1 saturated carbocycles. The summed E-state index contributed by atoms with van der Waals surface area (Å²) in [6.07, 6.45) is 5.71. The molecule has 29 heavy (non-hydrogen) atoms. The fourth-order valence-corrected chi connectivity index (χ4v) is 3.31. The Morgan fingerprint density at radius 3 is 2.76 bits per heavy atom. The summed E-state index contributed by atoms with van der Waals surface area (Å²) in [5.41, 5.74) is 2.91. The Labute approximate surface area is 167 Å². The molecule has 2 amide bonds. The van der Waals surface area contributed by atoms with Crippen molar-refractivity contribution in [3.05, 3.63) is 59.3 Å². The molecular weight excluding hydrogens is 368 g/mol. The van der Waals surface area contributed by atoms with Crippen molar-refractivity contribution in [2.75, 3.05) is 10.6 Å². The second-order valence-electron chi connectivity index (χ2n) is 7.34. The summed E-state index contributed by atoms with van der Waals surface area (Å²) in [5.74, 6) is 0.928. The number of carbonyl (C=O) groups is 2. The highest BCUT2D eigenvalue weighted by molar-refractivity contribution is 6.15. The number of nitrogens with one attached hydrogen (secondary N) is 3. The number of nitrogens with zero attached hydrogens (tertiary/aromatic N) is 3. The molecule has 3 N–H and O–H groups in total. The van der Waals surface area contributed by atoms with Crippen LogP contribution < -0.4 is 16.0 Å². The molecule has 0 atom stereocenters. The number of hydrogen-bond acceptors (Lipinski definition) is 6. The standard InChI is InChI=1S/C21H20N6O2/c28-19-9-14(21(29)26-19)8-15-12-23-27-18(24-16-6-7-16)10-17(25-20(15)27)22-11-13-4-2-1-3-5-13/h1-5,8,10,12,16,24H,6-7,9,11H2,(H,22,25)(H,26,28,29)/b14-8+. The molecule has 2 aromatic heterocycles. The SMILES string of the molecule is O=C1C/C(=C\c2cnn3c(NC4CC4)cc(NCc4ccccc4)nc23)C(=O)N1. The smallest absolute Gasteiger partial charge is 0.254 e. The van der Waals surface area contributed by atoms with E-state index in [4.69, 9.17) is 4.98 Å². The van der Waals surface area contributed by atoms with Gasteiger partial charge in [-0.15, -0.1) is 0 Å². The predicted octanol–water partition coefficient (Wildman–Crippen LogP) is 2.35. The summed E-state index contributed by atoms with van der Waals surface area (Å²) in [5, 5.41) is 13.6. The summed E-state index contributed by atoms with van der Waals surface area (Å²) in [4.78, 5) is 28.1. The summed E-state index contributed by atoms with van der Waals surface area (Å²) in [6.45, 7) is 0.647. The van der Waals surface area contributed by atoms with Crippen LogP contribution in [-0.2, 0) is 16.1 Å². The second-order valence-corrected chi connectivity index (χ2v) is 7.34. The zero-order chi connectivity index (χ0) is 19.8. The Balaban J connectivity index is 1.51. The van der Waals surface area contributed by atoms with Gasteiger partial charge in [-0.2, -0.15) is 9.61 Å². The van der Waals surface area contributed by atoms with Gasteiger partial charge < -0.3 is 10.6 Å². The number of carbonyl (C=O) groups excluding carboxylic acids is 2. The molecular formula is C21H20N6O2. The lowest BCUT2D eigenvalue weighted by atomic mass is 10.1. The first-order valence-electron chi connectivity index (χ1n) is 9.63. The van der Waals surface area contributed by atoms with Gasteiger partial charge >= 0.3 is 0 Å². The maximum atomic E-state index is 11.9. The van der Waals surface area contributed by atoms with Crippen LogP contribution in [0.5, 0.6) is 0 Å². The first kappa shape index (κ1) is 17.4. The topological polar surface area (TPSA) is 100 Å². The Morgan fingerprint density at radius 2 is 2.03 bits per heavy atom. The van der Waals surface area contributed by atoms with E-state index in [0.29, 0.717) is 29.4 Å². The van der Waals surface area contributed by atoms with Crippen molar-refractivity contribution in [1.29, 1.82) is 0 Å². The lowest BCUT2D eigenvalue weighted by molar-refractivity contribution is -0.124. The number of amides is 2.